The smallest absolute Gasteiger partial charge is 0.209 e. The number of nitrogens with zero attached hydrogens (tertiary/aromatic N) is 2. The van der Waals surface area contributed by atoms with E-state index in [-0.39, 0.29) is 0 Å². The van der Waals surface area contributed by atoms with Gasteiger partial charge in [0.2, 0.25) is 5.16 Å². The Bertz CT molecular complexity index is 838. The molecule has 0 saturated heterocycles. The van der Waals surface area contributed by atoms with Gasteiger partial charge in [-0.25, -0.2) is 4.98 Å². The van der Waals surface area contributed by atoms with Crippen LogP contribution in [0.3, 0.4) is 0 Å². The number of aromatic nitrogens is 3. The molecule has 5 nitrogen and oxygen atoms in total. The van der Waals surface area contributed by atoms with Gasteiger partial charge in [0.05, 0.1) is 14.2 Å². The van der Waals surface area contributed by atoms with Crippen LogP contribution in [-0.4, -0.2) is 29.4 Å². The van der Waals surface area contributed by atoms with E-state index in [1.54, 1.807) is 14.2 Å². The zero-order valence-corrected chi connectivity index (χ0v) is 15.6. The number of methoxy groups -OCH3 is 2. The molecule has 2 aromatic carbocycles. The highest BCUT2D eigenvalue weighted by Gasteiger charge is 2.11. The summed E-state index contributed by atoms with van der Waals surface area (Å²) in [5.74, 6) is 3.05. The minimum Gasteiger partial charge on any atom is -0.497 e. The van der Waals surface area contributed by atoms with E-state index in [4.69, 9.17) is 9.47 Å². The van der Waals surface area contributed by atoms with Gasteiger partial charge in [-0.3, -0.25) is 5.10 Å². The second-order valence-corrected chi connectivity index (χ2v) is 6.71. The van der Waals surface area contributed by atoms with Crippen molar-refractivity contribution in [2.75, 3.05) is 14.2 Å². The summed E-state index contributed by atoms with van der Waals surface area (Å²) >= 11 is 5.07. The van der Waals surface area contributed by atoms with Crippen LogP contribution in [0.15, 0.2) is 52.1 Å². The van der Waals surface area contributed by atoms with Crippen LogP contribution >= 0.6 is 27.7 Å². The minimum absolute atomic E-state index is 0.686. The normalized spacial score (nSPS) is 10.6. The molecule has 3 rings (SSSR count). The van der Waals surface area contributed by atoms with Gasteiger partial charge in [0.1, 0.15) is 11.5 Å². The highest BCUT2D eigenvalue weighted by atomic mass is 79.9. The van der Waals surface area contributed by atoms with Crippen LogP contribution < -0.4 is 9.47 Å². The number of benzene rings is 2. The average Bonchev–Trinajstić information content (AvgIpc) is 3.08. The number of rotatable bonds is 6. The summed E-state index contributed by atoms with van der Waals surface area (Å²) in [5, 5.41) is 7.95. The van der Waals surface area contributed by atoms with E-state index >= 15 is 0 Å². The molecule has 0 amide bonds. The van der Waals surface area contributed by atoms with Crippen LogP contribution in [0, 0.1) is 0 Å². The summed E-state index contributed by atoms with van der Waals surface area (Å²) in [7, 11) is 3.31. The van der Waals surface area contributed by atoms with Gasteiger partial charge in [-0.15, -0.1) is 5.10 Å². The summed E-state index contributed by atoms with van der Waals surface area (Å²) in [4.78, 5) is 4.55. The van der Waals surface area contributed by atoms with Crippen LogP contribution in [0.2, 0.25) is 0 Å². The molecule has 124 valence electrons. The summed E-state index contributed by atoms with van der Waals surface area (Å²) in [5.41, 5.74) is 2.02. The lowest BCUT2D eigenvalue weighted by atomic mass is 10.2. The lowest BCUT2D eigenvalue weighted by Gasteiger charge is -2.09. The molecular formula is C17H16BrN3O2S. The Kier molecular flexibility index (Phi) is 5.42. The standard InChI is InChI=1S/C17H16BrN3O2S/c1-22-12-7-8-15(23-2)11(9-12)10-24-17-19-16(20-21-17)13-5-3-4-6-14(13)18/h3-9H,10H2,1-2H3,(H,19,20,21). The van der Waals surface area contributed by atoms with E-state index < -0.39 is 0 Å². The molecule has 0 bridgehead atoms. The first-order valence-corrected chi connectivity index (χ1v) is 9.00. The van der Waals surface area contributed by atoms with E-state index in [9.17, 15) is 0 Å². The maximum absolute atomic E-state index is 5.40. The number of nitrogens with one attached hydrogen (secondary N) is 1. The van der Waals surface area contributed by atoms with Gasteiger partial charge in [0.15, 0.2) is 5.82 Å². The molecule has 24 heavy (non-hydrogen) atoms. The average molecular weight is 406 g/mol. The van der Waals surface area contributed by atoms with Crippen molar-refractivity contribution >= 4 is 27.7 Å². The summed E-state index contributed by atoms with van der Waals surface area (Å²) in [6, 6.07) is 13.7. The van der Waals surface area contributed by atoms with Gasteiger partial charge >= 0.3 is 0 Å². The van der Waals surface area contributed by atoms with E-state index in [1.807, 2.05) is 42.5 Å². The molecule has 0 aliphatic rings. The summed E-state index contributed by atoms with van der Waals surface area (Å²) in [6.07, 6.45) is 0. The molecule has 0 aliphatic carbocycles. The third kappa shape index (κ3) is 3.73. The maximum atomic E-state index is 5.40. The van der Waals surface area contributed by atoms with Crippen molar-refractivity contribution in [3.05, 3.63) is 52.5 Å². The molecular weight excluding hydrogens is 390 g/mol. The topological polar surface area (TPSA) is 60.0 Å². The monoisotopic (exact) mass is 405 g/mol. The van der Waals surface area contributed by atoms with Gasteiger partial charge < -0.3 is 9.47 Å². The largest absolute Gasteiger partial charge is 0.497 e. The molecule has 1 aromatic heterocycles. The Balaban J connectivity index is 1.75. The third-order valence-corrected chi connectivity index (χ3v) is 5.03. The Morgan fingerprint density at radius 2 is 1.96 bits per heavy atom. The molecule has 1 N–H and O–H groups in total. The van der Waals surface area contributed by atoms with Gasteiger partial charge in [-0.05, 0) is 24.3 Å². The molecule has 1 heterocycles. The number of hydrogen-bond donors (Lipinski definition) is 1. The van der Waals surface area contributed by atoms with Crippen molar-refractivity contribution in [2.24, 2.45) is 0 Å². The maximum Gasteiger partial charge on any atom is 0.209 e. The van der Waals surface area contributed by atoms with E-state index in [1.165, 1.54) is 11.8 Å². The van der Waals surface area contributed by atoms with Crippen LogP contribution in [0.25, 0.3) is 11.4 Å². The van der Waals surface area contributed by atoms with Gasteiger partial charge in [-0.1, -0.05) is 45.9 Å². The Morgan fingerprint density at radius 1 is 1.12 bits per heavy atom. The Morgan fingerprint density at radius 3 is 2.71 bits per heavy atom. The van der Waals surface area contributed by atoms with Crippen molar-refractivity contribution in [3.8, 4) is 22.9 Å². The number of thioether (sulfide) groups is 1. The molecule has 3 aromatic rings. The predicted octanol–water partition coefficient (Wildman–Crippen LogP) is 4.54. The van der Waals surface area contributed by atoms with Crippen LogP contribution in [-0.2, 0) is 5.75 Å². The second kappa shape index (κ2) is 7.72. The predicted molar refractivity (Wildman–Crippen MR) is 98.6 cm³/mol. The van der Waals surface area contributed by atoms with Gasteiger partial charge in [-0.2, -0.15) is 0 Å². The summed E-state index contributed by atoms with van der Waals surface area (Å²) < 4.78 is 11.7. The Labute approximate surface area is 152 Å². The second-order valence-electron chi connectivity index (χ2n) is 4.91. The highest BCUT2D eigenvalue weighted by Crippen LogP contribution is 2.31. The molecule has 0 atom stereocenters. The van der Waals surface area contributed by atoms with Crippen LogP contribution in [0.4, 0.5) is 0 Å². The molecule has 0 unspecified atom stereocenters. The number of hydrogen-bond acceptors (Lipinski definition) is 5. The quantitative estimate of drug-likeness (QED) is 0.609. The first-order valence-electron chi connectivity index (χ1n) is 7.22. The van der Waals surface area contributed by atoms with E-state index in [0.29, 0.717) is 10.9 Å². The summed E-state index contributed by atoms with van der Waals surface area (Å²) in [6.45, 7) is 0. The molecule has 0 radical (unpaired) electrons. The number of H-pyrrole nitrogens is 1. The lowest BCUT2D eigenvalue weighted by Crippen LogP contribution is -1.92. The molecule has 7 heteroatoms. The van der Waals surface area contributed by atoms with Crippen LogP contribution in [0.1, 0.15) is 5.56 Å². The number of halogens is 1. The van der Waals surface area contributed by atoms with Crippen molar-refractivity contribution in [1.82, 2.24) is 15.2 Å². The fourth-order valence-electron chi connectivity index (χ4n) is 2.22. The molecule has 0 fully saturated rings. The first-order chi connectivity index (χ1) is 11.7. The van der Waals surface area contributed by atoms with Crippen LogP contribution in [0.5, 0.6) is 11.5 Å². The molecule has 0 saturated carbocycles. The van der Waals surface area contributed by atoms with E-state index in [0.717, 1.165) is 32.9 Å². The van der Waals surface area contributed by atoms with Gasteiger partial charge in [0.25, 0.3) is 0 Å². The fraction of sp³-hybridized carbons (Fsp3) is 0.176. The van der Waals surface area contributed by atoms with Crippen molar-refractivity contribution in [3.63, 3.8) is 0 Å². The van der Waals surface area contributed by atoms with Crippen molar-refractivity contribution in [2.45, 2.75) is 10.9 Å². The fourth-order valence-corrected chi connectivity index (χ4v) is 3.47. The molecule has 0 spiro atoms. The first kappa shape index (κ1) is 16.9. The zero-order valence-electron chi connectivity index (χ0n) is 13.2. The van der Waals surface area contributed by atoms with Crippen molar-refractivity contribution in [1.29, 1.82) is 0 Å². The highest BCUT2D eigenvalue weighted by molar-refractivity contribution is 9.10. The van der Waals surface area contributed by atoms with Crippen molar-refractivity contribution < 1.29 is 9.47 Å². The minimum atomic E-state index is 0.686. The SMILES string of the molecule is COc1ccc(OC)c(CSc2n[nH]c(-c3ccccc3Br)n2)c1. The Hall–Kier alpha value is -1.99. The number of aromatic amines is 1. The lowest BCUT2D eigenvalue weighted by molar-refractivity contribution is 0.400. The number of ether oxygens (including phenoxy) is 2. The zero-order chi connectivity index (χ0) is 16.9. The van der Waals surface area contributed by atoms with E-state index in [2.05, 4.69) is 31.1 Å². The third-order valence-electron chi connectivity index (χ3n) is 3.44. The van der Waals surface area contributed by atoms with Gasteiger partial charge in [0, 0.05) is 21.4 Å². The molecule has 0 aliphatic heterocycles.